The van der Waals surface area contributed by atoms with E-state index in [0.717, 1.165) is 32.5 Å². The molecule has 0 spiro atoms. The smallest absolute Gasteiger partial charge is 0.0669 e. The molecule has 0 radical (unpaired) electrons. The second-order valence-electron chi connectivity index (χ2n) is 3.87. The van der Waals surface area contributed by atoms with Crippen LogP contribution in [0.4, 0.5) is 0 Å². The van der Waals surface area contributed by atoms with Crippen LogP contribution in [-0.2, 0) is 31.2 Å². The fourth-order valence-corrected chi connectivity index (χ4v) is 1.98. The molecule has 0 aromatic carbocycles. The molecular formula is C12H23N3O. The van der Waals surface area contributed by atoms with Gasteiger partial charge in [-0.15, -0.1) is 0 Å². The molecule has 1 aromatic rings. The van der Waals surface area contributed by atoms with Gasteiger partial charge in [0.25, 0.3) is 0 Å². The SMILES string of the molecule is CCc1nn(C)c(CC)c1CNCCOC. The molecule has 4 nitrogen and oxygen atoms in total. The Hall–Kier alpha value is -0.870. The van der Waals surface area contributed by atoms with Gasteiger partial charge in [0.05, 0.1) is 12.3 Å². The first-order valence-corrected chi connectivity index (χ1v) is 5.97. The Labute approximate surface area is 98.0 Å². The molecule has 0 saturated carbocycles. The molecule has 0 atom stereocenters. The molecular weight excluding hydrogens is 202 g/mol. The van der Waals surface area contributed by atoms with Crippen LogP contribution < -0.4 is 5.32 Å². The largest absolute Gasteiger partial charge is 0.383 e. The molecule has 0 fully saturated rings. The van der Waals surface area contributed by atoms with E-state index >= 15 is 0 Å². The molecule has 1 rings (SSSR count). The standard InChI is InChI=1S/C12H23N3O/c1-5-11-10(9-13-7-8-16-4)12(6-2)15(3)14-11/h13H,5-9H2,1-4H3. The van der Waals surface area contributed by atoms with E-state index in [4.69, 9.17) is 4.74 Å². The van der Waals surface area contributed by atoms with Crippen LogP contribution in [0.25, 0.3) is 0 Å². The van der Waals surface area contributed by atoms with Gasteiger partial charge in [-0.3, -0.25) is 4.68 Å². The van der Waals surface area contributed by atoms with Crippen molar-refractivity contribution < 1.29 is 4.74 Å². The van der Waals surface area contributed by atoms with Crippen LogP contribution in [-0.4, -0.2) is 30.0 Å². The molecule has 92 valence electrons. The van der Waals surface area contributed by atoms with Gasteiger partial charge in [-0.05, 0) is 12.8 Å². The lowest BCUT2D eigenvalue weighted by molar-refractivity contribution is 0.199. The van der Waals surface area contributed by atoms with Gasteiger partial charge in [0.15, 0.2) is 0 Å². The minimum absolute atomic E-state index is 0.753. The quantitative estimate of drug-likeness (QED) is 0.711. The fraction of sp³-hybridized carbons (Fsp3) is 0.750. The molecule has 0 saturated heterocycles. The Kier molecular flexibility index (Phi) is 5.49. The number of hydrogen-bond acceptors (Lipinski definition) is 3. The second kappa shape index (κ2) is 6.66. The van der Waals surface area contributed by atoms with Crippen molar-refractivity contribution in [1.82, 2.24) is 15.1 Å². The predicted octanol–water partition coefficient (Wildman–Crippen LogP) is 1.28. The maximum absolute atomic E-state index is 5.01. The van der Waals surface area contributed by atoms with Gasteiger partial charge >= 0.3 is 0 Å². The van der Waals surface area contributed by atoms with Crippen LogP contribution in [0.1, 0.15) is 30.8 Å². The zero-order chi connectivity index (χ0) is 12.0. The lowest BCUT2D eigenvalue weighted by Crippen LogP contribution is -2.19. The summed E-state index contributed by atoms with van der Waals surface area (Å²) in [5.41, 5.74) is 3.91. The molecule has 0 amide bonds. The molecule has 0 aliphatic rings. The monoisotopic (exact) mass is 225 g/mol. The fourth-order valence-electron chi connectivity index (χ4n) is 1.98. The predicted molar refractivity (Wildman–Crippen MR) is 65.5 cm³/mol. The number of aromatic nitrogens is 2. The van der Waals surface area contributed by atoms with Crippen molar-refractivity contribution in [3.05, 3.63) is 17.0 Å². The van der Waals surface area contributed by atoms with Crippen molar-refractivity contribution in [3.63, 3.8) is 0 Å². The van der Waals surface area contributed by atoms with E-state index in [2.05, 4.69) is 24.3 Å². The molecule has 0 bridgehead atoms. The van der Waals surface area contributed by atoms with Crippen LogP contribution in [0.3, 0.4) is 0 Å². The zero-order valence-corrected chi connectivity index (χ0v) is 10.8. The lowest BCUT2D eigenvalue weighted by atomic mass is 10.1. The van der Waals surface area contributed by atoms with E-state index in [0.29, 0.717) is 0 Å². The lowest BCUT2D eigenvalue weighted by Gasteiger charge is -2.06. The summed E-state index contributed by atoms with van der Waals surface area (Å²) >= 11 is 0. The topological polar surface area (TPSA) is 39.1 Å². The van der Waals surface area contributed by atoms with Crippen LogP contribution in [0.5, 0.6) is 0 Å². The maximum Gasteiger partial charge on any atom is 0.0669 e. The van der Waals surface area contributed by atoms with Crippen molar-refractivity contribution in [1.29, 1.82) is 0 Å². The average molecular weight is 225 g/mol. The number of ether oxygens (including phenoxy) is 1. The highest BCUT2D eigenvalue weighted by Crippen LogP contribution is 2.14. The number of nitrogens with one attached hydrogen (secondary N) is 1. The molecule has 4 heteroatoms. The Morgan fingerprint density at radius 3 is 2.62 bits per heavy atom. The Morgan fingerprint density at radius 1 is 1.31 bits per heavy atom. The molecule has 1 heterocycles. The number of rotatable bonds is 7. The summed E-state index contributed by atoms with van der Waals surface area (Å²) in [5.74, 6) is 0. The van der Waals surface area contributed by atoms with Gasteiger partial charge in [-0.2, -0.15) is 5.10 Å². The highest BCUT2D eigenvalue weighted by atomic mass is 16.5. The van der Waals surface area contributed by atoms with E-state index in [1.807, 2.05) is 11.7 Å². The number of nitrogens with zero attached hydrogens (tertiary/aromatic N) is 2. The number of hydrogen-bond donors (Lipinski definition) is 1. The van der Waals surface area contributed by atoms with Crippen LogP contribution in [0.15, 0.2) is 0 Å². The van der Waals surface area contributed by atoms with Gasteiger partial charge in [0.1, 0.15) is 0 Å². The third-order valence-electron chi connectivity index (χ3n) is 2.81. The Morgan fingerprint density at radius 2 is 2.06 bits per heavy atom. The highest BCUT2D eigenvalue weighted by molar-refractivity contribution is 5.26. The van der Waals surface area contributed by atoms with Gasteiger partial charge in [0, 0.05) is 38.5 Å². The van der Waals surface area contributed by atoms with Gasteiger partial charge < -0.3 is 10.1 Å². The first-order valence-electron chi connectivity index (χ1n) is 5.97. The summed E-state index contributed by atoms with van der Waals surface area (Å²) in [7, 11) is 3.75. The summed E-state index contributed by atoms with van der Waals surface area (Å²) in [6, 6.07) is 0. The molecule has 1 aromatic heterocycles. The summed E-state index contributed by atoms with van der Waals surface area (Å²) in [6.45, 7) is 6.86. The molecule has 0 aliphatic carbocycles. The van der Waals surface area contributed by atoms with Crippen molar-refractivity contribution >= 4 is 0 Å². The second-order valence-corrected chi connectivity index (χ2v) is 3.87. The average Bonchev–Trinajstić information content (AvgIpc) is 2.60. The third-order valence-corrected chi connectivity index (χ3v) is 2.81. The van der Waals surface area contributed by atoms with E-state index in [9.17, 15) is 0 Å². The van der Waals surface area contributed by atoms with E-state index in [1.54, 1.807) is 7.11 Å². The number of methoxy groups -OCH3 is 1. The van der Waals surface area contributed by atoms with Crippen molar-refractivity contribution in [2.45, 2.75) is 33.2 Å². The van der Waals surface area contributed by atoms with Crippen molar-refractivity contribution in [2.24, 2.45) is 7.05 Å². The third kappa shape index (κ3) is 3.06. The van der Waals surface area contributed by atoms with Gasteiger partial charge in [-0.25, -0.2) is 0 Å². The van der Waals surface area contributed by atoms with Crippen LogP contribution in [0, 0.1) is 0 Å². The van der Waals surface area contributed by atoms with Gasteiger partial charge in [-0.1, -0.05) is 13.8 Å². The highest BCUT2D eigenvalue weighted by Gasteiger charge is 2.12. The van der Waals surface area contributed by atoms with E-state index in [-0.39, 0.29) is 0 Å². The van der Waals surface area contributed by atoms with Crippen molar-refractivity contribution in [3.8, 4) is 0 Å². The molecule has 1 N–H and O–H groups in total. The summed E-state index contributed by atoms with van der Waals surface area (Å²) in [6.07, 6.45) is 2.03. The molecule has 16 heavy (non-hydrogen) atoms. The first-order chi connectivity index (χ1) is 7.74. The first kappa shape index (κ1) is 13.2. The number of aryl methyl sites for hydroxylation is 2. The minimum atomic E-state index is 0.753. The Bertz CT molecular complexity index is 320. The zero-order valence-electron chi connectivity index (χ0n) is 10.8. The van der Waals surface area contributed by atoms with E-state index in [1.165, 1.54) is 17.0 Å². The van der Waals surface area contributed by atoms with Crippen LogP contribution >= 0.6 is 0 Å². The van der Waals surface area contributed by atoms with Crippen LogP contribution in [0.2, 0.25) is 0 Å². The summed E-state index contributed by atoms with van der Waals surface area (Å²) < 4.78 is 7.02. The normalized spacial score (nSPS) is 11.0. The van der Waals surface area contributed by atoms with Gasteiger partial charge in [0.2, 0.25) is 0 Å². The van der Waals surface area contributed by atoms with E-state index < -0.39 is 0 Å². The Balaban J connectivity index is 2.68. The molecule has 0 aliphatic heterocycles. The van der Waals surface area contributed by atoms with Crippen molar-refractivity contribution in [2.75, 3.05) is 20.3 Å². The summed E-state index contributed by atoms with van der Waals surface area (Å²) in [4.78, 5) is 0. The summed E-state index contributed by atoms with van der Waals surface area (Å²) in [5, 5.41) is 7.93. The minimum Gasteiger partial charge on any atom is -0.383 e. The maximum atomic E-state index is 5.01. The molecule has 0 unspecified atom stereocenters.